The van der Waals surface area contributed by atoms with Crippen molar-refractivity contribution in [3.8, 4) is 0 Å². The molecule has 3 heterocycles. The third kappa shape index (κ3) is 4.58. The minimum Gasteiger partial charge on any atom is -0.349 e. The van der Waals surface area contributed by atoms with Crippen LogP contribution in [0, 0.1) is 13.8 Å². The molecule has 1 aliphatic heterocycles. The lowest BCUT2D eigenvalue weighted by atomic mass is 10.1. The van der Waals surface area contributed by atoms with Gasteiger partial charge in [0.2, 0.25) is 5.91 Å². The van der Waals surface area contributed by atoms with Gasteiger partial charge < -0.3 is 5.32 Å². The van der Waals surface area contributed by atoms with Gasteiger partial charge in [0.1, 0.15) is 6.54 Å². The molecule has 3 rings (SSSR count). The van der Waals surface area contributed by atoms with Crippen LogP contribution >= 0.6 is 0 Å². The number of hydrogen-bond donors (Lipinski definition) is 1. The van der Waals surface area contributed by atoms with Crippen LogP contribution in [0.25, 0.3) is 0 Å². The zero-order valence-electron chi connectivity index (χ0n) is 17.1. The molecule has 2 aromatic rings. The maximum Gasteiger partial charge on any atom is 0.242 e. The highest BCUT2D eigenvalue weighted by Crippen LogP contribution is 2.15. The van der Waals surface area contributed by atoms with Crippen molar-refractivity contribution in [2.24, 2.45) is 0 Å². The van der Waals surface area contributed by atoms with Gasteiger partial charge in [0, 0.05) is 25.3 Å². The normalized spacial score (nSPS) is 14.8. The largest absolute Gasteiger partial charge is 0.349 e. The Hall–Kier alpha value is -2.15. The Kier molecular flexibility index (Phi) is 6.31. The Morgan fingerprint density at radius 1 is 1.22 bits per heavy atom. The summed E-state index contributed by atoms with van der Waals surface area (Å²) in [5, 5.41) is 12.2. The molecule has 1 N–H and O–H groups in total. The second-order valence-electron chi connectivity index (χ2n) is 7.42. The summed E-state index contributed by atoms with van der Waals surface area (Å²) in [7, 11) is 0. The molecule has 0 aromatic carbocycles. The lowest BCUT2D eigenvalue weighted by Crippen LogP contribution is -2.28. The fourth-order valence-corrected chi connectivity index (χ4v) is 3.96. The molecule has 7 heteroatoms. The van der Waals surface area contributed by atoms with Crippen LogP contribution in [0.15, 0.2) is 6.07 Å². The quantitative estimate of drug-likeness (QED) is 0.809. The monoisotopic (exact) mass is 372 g/mol. The average Bonchev–Trinajstić information content (AvgIpc) is 3.06. The molecule has 27 heavy (non-hydrogen) atoms. The van der Waals surface area contributed by atoms with Gasteiger partial charge in [-0.25, -0.2) is 0 Å². The van der Waals surface area contributed by atoms with E-state index >= 15 is 0 Å². The van der Waals surface area contributed by atoms with E-state index in [-0.39, 0.29) is 12.5 Å². The molecule has 0 bridgehead atoms. The Labute approximate surface area is 161 Å². The van der Waals surface area contributed by atoms with Crippen molar-refractivity contribution in [1.82, 2.24) is 29.8 Å². The average molecular weight is 373 g/mol. The van der Waals surface area contributed by atoms with E-state index in [1.807, 2.05) is 13.8 Å². The second-order valence-corrected chi connectivity index (χ2v) is 7.42. The van der Waals surface area contributed by atoms with Crippen molar-refractivity contribution < 1.29 is 4.79 Å². The number of amides is 1. The number of aryl methyl sites for hydroxylation is 2. The van der Waals surface area contributed by atoms with Gasteiger partial charge in [-0.05, 0) is 51.3 Å². The highest BCUT2D eigenvalue weighted by molar-refractivity contribution is 5.75. The molecule has 1 aliphatic rings. The van der Waals surface area contributed by atoms with Crippen molar-refractivity contribution in [3.05, 3.63) is 34.4 Å². The van der Waals surface area contributed by atoms with E-state index in [0.29, 0.717) is 6.54 Å². The molecule has 0 atom stereocenters. The smallest absolute Gasteiger partial charge is 0.242 e. The van der Waals surface area contributed by atoms with Crippen LogP contribution in [0.2, 0.25) is 0 Å². The molecule has 0 saturated carbocycles. The van der Waals surface area contributed by atoms with Gasteiger partial charge in [-0.15, -0.1) is 0 Å². The number of nitrogens with zero attached hydrogens (tertiary/aromatic N) is 5. The zero-order valence-corrected chi connectivity index (χ0v) is 17.1. The fourth-order valence-electron chi connectivity index (χ4n) is 3.96. The number of fused-ring (bicyclic) bond motifs is 1. The number of carbonyl (C=O) groups is 1. The molecule has 0 fully saturated rings. The van der Waals surface area contributed by atoms with Crippen molar-refractivity contribution >= 4 is 5.91 Å². The van der Waals surface area contributed by atoms with Gasteiger partial charge in [-0.1, -0.05) is 13.8 Å². The van der Waals surface area contributed by atoms with E-state index in [0.717, 1.165) is 56.1 Å². The molecule has 7 nitrogen and oxygen atoms in total. The fraction of sp³-hybridized carbons (Fsp3) is 0.650. The standard InChI is InChI=1S/C20H32N6O/c1-5-8-24-9-7-10-25-18(13-24)11-17(23-25)12-21-20(27)14-26-16(4)19(6-2)15(3)22-26/h11H,5-10,12-14H2,1-4H3,(H,21,27). The predicted octanol–water partition coefficient (Wildman–Crippen LogP) is 2.19. The third-order valence-corrected chi connectivity index (χ3v) is 5.33. The van der Waals surface area contributed by atoms with E-state index in [1.165, 1.54) is 17.7 Å². The van der Waals surface area contributed by atoms with Gasteiger partial charge >= 0.3 is 0 Å². The van der Waals surface area contributed by atoms with Gasteiger partial charge in [0.15, 0.2) is 0 Å². The van der Waals surface area contributed by atoms with Crippen molar-refractivity contribution in [2.45, 2.75) is 73.1 Å². The first-order valence-electron chi connectivity index (χ1n) is 10.1. The van der Waals surface area contributed by atoms with Gasteiger partial charge in [0.25, 0.3) is 0 Å². The van der Waals surface area contributed by atoms with Crippen molar-refractivity contribution in [1.29, 1.82) is 0 Å². The lowest BCUT2D eigenvalue weighted by molar-refractivity contribution is -0.122. The van der Waals surface area contributed by atoms with E-state index < -0.39 is 0 Å². The zero-order chi connectivity index (χ0) is 19.4. The number of aromatic nitrogens is 4. The highest BCUT2D eigenvalue weighted by atomic mass is 16.2. The Morgan fingerprint density at radius 2 is 2.04 bits per heavy atom. The summed E-state index contributed by atoms with van der Waals surface area (Å²) in [4.78, 5) is 14.9. The Bertz CT molecular complexity index is 791. The minimum atomic E-state index is -0.0287. The van der Waals surface area contributed by atoms with Crippen LogP contribution in [0.1, 0.15) is 55.0 Å². The molecule has 0 spiro atoms. The third-order valence-electron chi connectivity index (χ3n) is 5.33. The molecule has 0 unspecified atom stereocenters. The maximum atomic E-state index is 12.4. The second kappa shape index (κ2) is 8.69. The van der Waals surface area contributed by atoms with E-state index in [2.05, 4.69) is 45.0 Å². The molecule has 1 amide bonds. The Morgan fingerprint density at radius 3 is 2.74 bits per heavy atom. The van der Waals surface area contributed by atoms with Gasteiger partial charge in [-0.2, -0.15) is 10.2 Å². The molecular formula is C20H32N6O. The number of rotatable bonds is 7. The number of nitrogens with one attached hydrogen (secondary N) is 1. The molecule has 0 saturated heterocycles. The summed E-state index contributed by atoms with van der Waals surface area (Å²) in [5.74, 6) is -0.0287. The first-order chi connectivity index (χ1) is 13.0. The number of carbonyl (C=O) groups excluding carboxylic acids is 1. The summed E-state index contributed by atoms with van der Waals surface area (Å²) in [5.41, 5.74) is 5.50. The molecule has 0 radical (unpaired) electrons. The van der Waals surface area contributed by atoms with Crippen LogP contribution in [-0.4, -0.2) is 43.5 Å². The van der Waals surface area contributed by atoms with E-state index in [9.17, 15) is 4.79 Å². The van der Waals surface area contributed by atoms with Crippen molar-refractivity contribution in [2.75, 3.05) is 13.1 Å². The number of hydrogen-bond acceptors (Lipinski definition) is 4. The summed E-state index contributed by atoms with van der Waals surface area (Å²) in [6, 6.07) is 2.13. The van der Waals surface area contributed by atoms with E-state index in [4.69, 9.17) is 0 Å². The molecule has 2 aromatic heterocycles. The first-order valence-corrected chi connectivity index (χ1v) is 10.1. The van der Waals surface area contributed by atoms with Gasteiger partial charge in [-0.3, -0.25) is 19.1 Å². The van der Waals surface area contributed by atoms with Crippen LogP contribution in [0.5, 0.6) is 0 Å². The van der Waals surface area contributed by atoms with Gasteiger partial charge in [0.05, 0.1) is 23.6 Å². The van der Waals surface area contributed by atoms with Crippen LogP contribution < -0.4 is 5.32 Å². The van der Waals surface area contributed by atoms with Crippen LogP contribution in [0.3, 0.4) is 0 Å². The summed E-state index contributed by atoms with van der Waals surface area (Å²) < 4.78 is 3.90. The topological polar surface area (TPSA) is 68.0 Å². The van der Waals surface area contributed by atoms with Crippen LogP contribution in [0.4, 0.5) is 0 Å². The van der Waals surface area contributed by atoms with Crippen molar-refractivity contribution in [3.63, 3.8) is 0 Å². The Balaban J connectivity index is 1.58. The molecular weight excluding hydrogens is 340 g/mol. The molecule has 0 aliphatic carbocycles. The van der Waals surface area contributed by atoms with E-state index in [1.54, 1.807) is 4.68 Å². The highest BCUT2D eigenvalue weighted by Gasteiger charge is 2.17. The summed E-state index contributed by atoms with van der Waals surface area (Å²) in [6.45, 7) is 13.2. The lowest BCUT2D eigenvalue weighted by Gasteiger charge is -2.17. The molecule has 148 valence electrons. The predicted molar refractivity (Wildman–Crippen MR) is 105 cm³/mol. The summed E-state index contributed by atoms with van der Waals surface area (Å²) >= 11 is 0. The maximum absolute atomic E-state index is 12.4. The summed E-state index contributed by atoms with van der Waals surface area (Å²) in [6.07, 6.45) is 3.23. The minimum absolute atomic E-state index is 0.0287. The van der Waals surface area contributed by atoms with Crippen LogP contribution in [-0.2, 0) is 37.4 Å². The first kappa shape index (κ1) is 19.6. The SMILES string of the molecule is CCCN1CCCn2nc(CNC(=O)Cn3nc(C)c(CC)c3C)cc2C1.